The minimum atomic E-state index is -0.721. The van der Waals surface area contributed by atoms with E-state index < -0.39 is 29.3 Å². The lowest BCUT2D eigenvalue weighted by Gasteiger charge is -2.35. The van der Waals surface area contributed by atoms with Crippen molar-refractivity contribution < 1.29 is 37.8 Å². The number of ether oxygens (including phenoxy) is 2. The van der Waals surface area contributed by atoms with Gasteiger partial charge in [-0.2, -0.15) is 5.10 Å². The summed E-state index contributed by atoms with van der Waals surface area (Å²) in [6, 6.07) is 13.2. The van der Waals surface area contributed by atoms with Crippen LogP contribution in [0.2, 0.25) is 0 Å². The van der Waals surface area contributed by atoms with Crippen molar-refractivity contribution in [3.8, 4) is 0 Å². The van der Waals surface area contributed by atoms with Crippen LogP contribution in [0.1, 0.15) is 108 Å². The van der Waals surface area contributed by atoms with E-state index in [0.717, 1.165) is 44.3 Å². The average Bonchev–Trinajstić information content (AvgIpc) is 3.30. The first-order valence-electron chi connectivity index (χ1n) is 22.2. The molecular weight excluding hydrogens is 822 g/mol. The minimum absolute atomic E-state index is 0.0696. The van der Waals surface area contributed by atoms with Crippen molar-refractivity contribution in [3.05, 3.63) is 94.1 Å². The summed E-state index contributed by atoms with van der Waals surface area (Å²) < 4.78 is 26.1. The van der Waals surface area contributed by atoms with Crippen LogP contribution < -0.4 is 21.4 Å². The number of hydrazone groups is 1. The number of likely N-dealkylation sites (N-methyl/N-ethyl adjacent to an activating group) is 1. The third kappa shape index (κ3) is 15.2. The summed E-state index contributed by atoms with van der Waals surface area (Å²) >= 11 is 0. The fourth-order valence-corrected chi connectivity index (χ4v) is 7.44. The Morgan fingerprint density at radius 1 is 0.953 bits per heavy atom. The quantitative estimate of drug-likeness (QED) is 0.0577. The number of amides is 4. The van der Waals surface area contributed by atoms with E-state index in [4.69, 9.17) is 9.47 Å². The molecule has 5 rings (SSSR count). The summed E-state index contributed by atoms with van der Waals surface area (Å²) in [4.78, 5) is 74.0. The number of likely N-dealkylation sites (tertiary alicyclic amines) is 1. The first kappa shape index (κ1) is 50.9. The SMILES string of the molecule is CC.CCN1CCCC(c2cnc(C(=O)NCCOCCNCC(=O)N3CCN(C(=O)c4cc(C/C(=N/NC)c5ccccc5C=O)ccc4F)CC3)c(NC(=O)OC(C)(C)C)c2)C1. The van der Waals surface area contributed by atoms with E-state index in [0.29, 0.717) is 42.0 Å². The molecule has 0 spiro atoms. The van der Waals surface area contributed by atoms with Crippen molar-refractivity contribution >= 4 is 41.5 Å². The highest BCUT2D eigenvalue weighted by Crippen LogP contribution is 2.29. The van der Waals surface area contributed by atoms with Gasteiger partial charge in [0.1, 0.15) is 11.4 Å². The lowest BCUT2D eigenvalue weighted by Crippen LogP contribution is -2.52. The summed E-state index contributed by atoms with van der Waals surface area (Å²) in [7, 11) is 1.65. The molecule has 2 fully saturated rings. The molecule has 0 saturated carbocycles. The summed E-state index contributed by atoms with van der Waals surface area (Å²) in [5.74, 6) is -1.47. The standard InChI is InChI=1S/C45H60FN9O7.C2H6/c1-6-53-17-9-11-32(29-53)34-26-39(51-44(60)62-45(2,3)4)41(50-27-34)42(58)49-16-23-61-22-15-48-28-40(57)54-18-20-55(21-19-54)43(59)36-24-31(13-14-37(36)46)25-38(52-47-5)35-12-8-7-10-33(35)30-56;1-2/h7-8,10,12-14,24,26-27,30,32,47-48H,6,9,11,15-23,25,28-29H2,1-5H3,(H,49,58)(H,51,60);1-2H3/b52-38-;. The van der Waals surface area contributed by atoms with E-state index in [-0.39, 0.29) is 74.6 Å². The van der Waals surface area contributed by atoms with Crippen molar-refractivity contribution in [2.45, 2.75) is 72.3 Å². The van der Waals surface area contributed by atoms with Crippen molar-refractivity contribution in [2.75, 3.05) is 91.0 Å². The summed E-state index contributed by atoms with van der Waals surface area (Å²) in [6.45, 7) is 16.6. The minimum Gasteiger partial charge on any atom is -0.444 e. The third-order valence-electron chi connectivity index (χ3n) is 10.6. The van der Waals surface area contributed by atoms with Gasteiger partial charge in [0.15, 0.2) is 12.0 Å². The monoisotopic (exact) mass is 888 g/mol. The number of anilines is 1. The van der Waals surface area contributed by atoms with Gasteiger partial charge >= 0.3 is 6.09 Å². The highest BCUT2D eigenvalue weighted by atomic mass is 19.1. The van der Waals surface area contributed by atoms with E-state index in [1.165, 1.54) is 17.0 Å². The maximum absolute atomic E-state index is 15.0. The number of rotatable bonds is 18. The summed E-state index contributed by atoms with van der Waals surface area (Å²) in [5, 5.41) is 12.9. The third-order valence-corrected chi connectivity index (χ3v) is 10.6. The zero-order chi connectivity index (χ0) is 46.6. The smallest absolute Gasteiger partial charge is 0.412 e. The molecule has 3 heterocycles. The number of hydrogen-bond acceptors (Lipinski definition) is 12. The molecule has 348 valence electrons. The molecule has 3 aromatic rings. The van der Waals surface area contributed by atoms with Gasteiger partial charge < -0.3 is 40.2 Å². The van der Waals surface area contributed by atoms with E-state index in [1.54, 1.807) is 69.2 Å². The topological polar surface area (TPSA) is 187 Å². The van der Waals surface area contributed by atoms with Gasteiger partial charge in [0.2, 0.25) is 5.91 Å². The molecule has 1 unspecified atom stereocenters. The zero-order valence-electron chi connectivity index (χ0n) is 38.4. The van der Waals surface area contributed by atoms with E-state index in [9.17, 15) is 24.0 Å². The number of piperidine rings is 1. The number of aldehydes is 1. The highest BCUT2D eigenvalue weighted by Gasteiger charge is 2.28. The number of carbonyl (C=O) groups is 5. The van der Waals surface area contributed by atoms with Crippen LogP contribution in [0.5, 0.6) is 0 Å². The second kappa shape index (κ2) is 25.5. The number of nitrogens with zero attached hydrogens (tertiary/aromatic N) is 5. The zero-order valence-corrected chi connectivity index (χ0v) is 38.4. The first-order chi connectivity index (χ1) is 30.8. The van der Waals surface area contributed by atoms with Crippen molar-refractivity contribution in [3.63, 3.8) is 0 Å². The van der Waals surface area contributed by atoms with Crippen molar-refractivity contribution in [1.29, 1.82) is 0 Å². The predicted octanol–water partition coefficient (Wildman–Crippen LogP) is 5.09. The number of halogens is 1. The van der Waals surface area contributed by atoms with Gasteiger partial charge in [-0.1, -0.05) is 51.1 Å². The maximum Gasteiger partial charge on any atom is 0.412 e. The molecule has 1 aromatic heterocycles. The number of pyridine rings is 1. The molecule has 64 heavy (non-hydrogen) atoms. The molecule has 4 amide bonds. The van der Waals surface area contributed by atoms with Crippen LogP contribution >= 0.6 is 0 Å². The summed E-state index contributed by atoms with van der Waals surface area (Å²) in [6.07, 6.45) is 4.10. The number of benzene rings is 2. The second-order valence-electron chi connectivity index (χ2n) is 16.2. The van der Waals surface area contributed by atoms with Gasteiger partial charge in [0.05, 0.1) is 36.7 Å². The first-order valence-corrected chi connectivity index (χ1v) is 22.2. The molecule has 17 heteroatoms. The Morgan fingerprint density at radius 2 is 1.67 bits per heavy atom. The van der Waals surface area contributed by atoms with Gasteiger partial charge in [0, 0.05) is 76.6 Å². The second-order valence-corrected chi connectivity index (χ2v) is 16.2. The molecule has 4 N–H and O–H groups in total. The molecule has 16 nitrogen and oxygen atoms in total. The van der Waals surface area contributed by atoms with Crippen LogP contribution in [0, 0.1) is 5.82 Å². The fraction of sp³-hybridized carbons (Fsp3) is 0.511. The number of nitrogens with one attached hydrogen (secondary N) is 4. The van der Waals surface area contributed by atoms with Gasteiger partial charge in [-0.15, -0.1) is 0 Å². The Morgan fingerprint density at radius 3 is 2.38 bits per heavy atom. The predicted molar refractivity (Wildman–Crippen MR) is 246 cm³/mol. The Kier molecular flexibility index (Phi) is 20.3. The van der Waals surface area contributed by atoms with Gasteiger partial charge in [-0.3, -0.25) is 24.5 Å². The number of aromatic nitrogens is 1. The van der Waals surface area contributed by atoms with Crippen molar-refractivity contribution in [1.82, 2.24) is 35.7 Å². The Balaban J connectivity index is 0.00000442. The van der Waals surface area contributed by atoms with Gasteiger partial charge in [0.25, 0.3) is 11.8 Å². The normalized spacial score (nSPS) is 15.7. The lowest BCUT2D eigenvalue weighted by molar-refractivity contribution is -0.131. The highest BCUT2D eigenvalue weighted by molar-refractivity contribution is 6.07. The molecule has 0 radical (unpaired) electrons. The molecule has 2 aromatic carbocycles. The largest absolute Gasteiger partial charge is 0.444 e. The van der Waals surface area contributed by atoms with Crippen LogP contribution in [0.15, 0.2) is 59.8 Å². The van der Waals surface area contributed by atoms with Crippen LogP contribution in [0.25, 0.3) is 0 Å². The van der Waals surface area contributed by atoms with Gasteiger partial charge in [-0.25, -0.2) is 14.2 Å². The number of hydrogen-bond donors (Lipinski definition) is 4. The van der Waals surface area contributed by atoms with Gasteiger partial charge in [-0.05, 0) is 81.9 Å². The molecule has 1 atom stereocenters. The molecular formula is C47H66FN9O7. The van der Waals surface area contributed by atoms with Crippen LogP contribution in [-0.4, -0.2) is 147 Å². The van der Waals surface area contributed by atoms with Crippen LogP contribution in [0.3, 0.4) is 0 Å². The van der Waals surface area contributed by atoms with E-state index >= 15 is 4.39 Å². The van der Waals surface area contributed by atoms with Crippen LogP contribution in [-0.2, 0) is 20.7 Å². The Labute approximate surface area is 376 Å². The van der Waals surface area contributed by atoms with E-state index in [2.05, 4.69) is 43.3 Å². The Bertz CT molecular complexity index is 2070. The lowest BCUT2D eigenvalue weighted by atomic mass is 9.91. The number of carbonyl (C=O) groups excluding carboxylic acids is 5. The van der Waals surface area contributed by atoms with Crippen LogP contribution in [0.4, 0.5) is 14.9 Å². The summed E-state index contributed by atoms with van der Waals surface area (Å²) in [5.41, 5.74) is 5.60. The maximum atomic E-state index is 15.0. The molecule has 2 saturated heterocycles. The van der Waals surface area contributed by atoms with E-state index in [1.807, 2.05) is 19.9 Å². The molecule has 0 bridgehead atoms. The van der Waals surface area contributed by atoms with Crippen molar-refractivity contribution in [2.24, 2.45) is 5.10 Å². The molecule has 0 aliphatic carbocycles. The Hall–Kier alpha value is -5.78. The average molecular weight is 888 g/mol. The molecule has 2 aliphatic heterocycles. The number of piperazine rings is 1. The fourth-order valence-electron chi connectivity index (χ4n) is 7.44. The molecule has 2 aliphatic rings.